The Bertz CT molecular complexity index is 899. The fourth-order valence-electron chi connectivity index (χ4n) is 3.20. The smallest absolute Gasteiger partial charge is 0.253 e. The summed E-state index contributed by atoms with van der Waals surface area (Å²) >= 11 is 1.17. The molecule has 2 heterocycles. The molecule has 1 fully saturated rings. The maximum absolute atomic E-state index is 12.9. The molecular formula is C19H24N2O5S2. The largest absolute Gasteiger partial charge is 0.493 e. The number of carbonyl (C=O) groups excluding carboxylic acids is 1. The summed E-state index contributed by atoms with van der Waals surface area (Å²) in [7, 11) is -0.400. The number of thiophene rings is 1. The van der Waals surface area contributed by atoms with E-state index in [9.17, 15) is 13.2 Å². The molecule has 0 spiro atoms. The fourth-order valence-corrected chi connectivity index (χ4v) is 5.97. The van der Waals surface area contributed by atoms with Crippen LogP contribution in [0.1, 0.15) is 12.8 Å². The lowest BCUT2D eigenvalue weighted by molar-refractivity contribution is -0.133. The van der Waals surface area contributed by atoms with Gasteiger partial charge in [-0.25, -0.2) is 8.42 Å². The highest BCUT2D eigenvalue weighted by atomic mass is 32.2. The molecule has 0 N–H and O–H groups in total. The van der Waals surface area contributed by atoms with Gasteiger partial charge in [-0.1, -0.05) is 18.2 Å². The Balaban J connectivity index is 1.61. The van der Waals surface area contributed by atoms with E-state index in [1.807, 2.05) is 12.1 Å². The number of rotatable bonds is 8. The van der Waals surface area contributed by atoms with Crippen molar-refractivity contribution in [3.8, 4) is 11.5 Å². The predicted octanol–water partition coefficient (Wildman–Crippen LogP) is 2.45. The first-order valence-electron chi connectivity index (χ1n) is 9.01. The van der Waals surface area contributed by atoms with Crippen molar-refractivity contribution in [1.29, 1.82) is 0 Å². The van der Waals surface area contributed by atoms with Gasteiger partial charge in [-0.3, -0.25) is 4.79 Å². The van der Waals surface area contributed by atoms with E-state index in [0.29, 0.717) is 37.4 Å². The van der Waals surface area contributed by atoms with Gasteiger partial charge in [-0.15, -0.1) is 11.3 Å². The van der Waals surface area contributed by atoms with Crippen LogP contribution in [-0.2, 0) is 14.8 Å². The van der Waals surface area contributed by atoms with E-state index in [-0.39, 0.29) is 16.7 Å². The Kier molecular flexibility index (Phi) is 6.58. The first kappa shape index (κ1) is 20.6. The second-order valence-electron chi connectivity index (χ2n) is 6.46. The van der Waals surface area contributed by atoms with Crippen molar-refractivity contribution in [2.45, 2.75) is 23.1 Å². The molecule has 9 heteroatoms. The zero-order chi connectivity index (χ0) is 20.1. The number of amides is 1. The molecular weight excluding hydrogens is 400 g/mol. The summed E-state index contributed by atoms with van der Waals surface area (Å²) in [5.74, 6) is 1.02. The summed E-state index contributed by atoms with van der Waals surface area (Å²) in [6.45, 7) is 0.996. The van der Waals surface area contributed by atoms with E-state index in [0.717, 1.165) is 0 Å². The summed E-state index contributed by atoms with van der Waals surface area (Å²) in [6.07, 6.45) is 1.20. The molecule has 0 aliphatic carbocycles. The number of ether oxygens (including phenoxy) is 2. The summed E-state index contributed by atoms with van der Waals surface area (Å²) in [6, 6.07) is 9.91. The Morgan fingerprint density at radius 3 is 2.68 bits per heavy atom. The van der Waals surface area contributed by atoms with Crippen LogP contribution in [-0.4, -0.2) is 63.4 Å². The van der Waals surface area contributed by atoms with E-state index < -0.39 is 16.1 Å². The third kappa shape index (κ3) is 4.31. The zero-order valence-electron chi connectivity index (χ0n) is 15.9. The fraction of sp³-hybridized carbons (Fsp3) is 0.421. The molecule has 0 radical (unpaired) electrons. The van der Waals surface area contributed by atoms with Gasteiger partial charge in [0, 0.05) is 13.6 Å². The lowest BCUT2D eigenvalue weighted by Crippen LogP contribution is -2.47. The highest BCUT2D eigenvalue weighted by Gasteiger charge is 2.40. The van der Waals surface area contributed by atoms with Gasteiger partial charge in [0.15, 0.2) is 11.5 Å². The van der Waals surface area contributed by atoms with Crippen LogP contribution in [0.15, 0.2) is 46.0 Å². The van der Waals surface area contributed by atoms with Gasteiger partial charge in [0.25, 0.3) is 10.0 Å². The van der Waals surface area contributed by atoms with Crippen molar-refractivity contribution >= 4 is 27.3 Å². The predicted molar refractivity (Wildman–Crippen MR) is 107 cm³/mol. The van der Waals surface area contributed by atoms with Crippen LogP contribution in [0.25, 0.3) is 0 Å². The van der Waals surface area contributed by atoms with Gasteiger partial charge < -0.3 is 14.4 Å². The molecule has 1 aromatic carbocycles. The monoisotopic (exact) mass is 424 g/mol. The SMILES string of the molecule is COc1ccccc1OCCN(C)C(=O)C1CCCN1S(=O)(=O)c1cccs1. The minimum atomic E-state index is -3.64. The average Bonchev–Trinajstić information content (AvgIpc) is 3.40. The van der Waals surface area contributed by atoms with Crippen LogP contribution in [0.5, 0.6) is 11.5 Å². The molecule has 1 atom stereocenters. The number of hydrogen-bond donors (Lipinski definition) is 0. The first-order valence-corrected chi connectivity index (χ1v) is 11.3. The van der Waals surface area contributed by atoms with Crippen LogP contribution < -0.4 is 9.47 Å². The molecule has 3 rings (SSSR count). The molecule has 1 amide bonds. The highest BCUT2D eigenvalue weighted by molar-refractivity contribution is 7.91. The summed E-state index contributed by atoms with van der Waals surface area (Å²) in [4.78, 5) is 14.4. The molecule has 1 unspecified atom stereocenters. The standard InChI is InChI=1S/C19H24N2O5S2/c1-20(12-13-26-17-9-4-3-8-16(17)25-2)19(22)15-7-5-11-21(15)28(23,24)18-10-6-14-27-18/h3-4,6,8-10,14-15H,5,7,11-13H2,1-2H3. The number of likely N-dealkylation sites (N-methyl/N-ethyl adjacent to an activating group) is 1. The lowest BCUT2D eigenvalue weighted by atomic mass is 10.2. The Morgan fingerprint density at radius 1 is 1.25 bits per heavy atom. The maximum Gasteiger partial charge on any atom is 0.253 e. The second kappa shape index (κ2) is 8.93. The second-order valence-corrected chi connectivity index (χ2v) is 9.53. The zero-order valence-corrected chi connectivity index (χ0v) is 17.5. The molecule has 1 aliphatic heterocycles. The van der Waals surface area contributed by atoms with Crippen molar-refractivity contribution in [1.82, 2.24) is 9.21 Å². The maximum atomic E-state index is 12.9. The Hall–Kier alpha value is -2.10. The van der Waals surface area contributed by atoms with Crippen molar-refractivity contribution in [2.75, 3.05) is 33.9 Å². The van der Waals surface area contributed by atoms with Crippen LogP contribution in [0.3, 0.4) is 0 Å². The van der Waals surface area contributed by atoms with Gasteiger partial charge in [-0.2, -0.15) is 4.31 Å². The Morgan fingerprint density at radius 2 is 2.00 bits per heavy atom. The van der Waals surface area contributed by atoms with E-state index in [1.165, 1.54) is 20.5 Å². The molecule has 0 saturated carbocycles. The van der Waals surface area contributed by atoms with Crippen LogP contribution in [0.2, 0.25) is 0 Å². The quantitative estimate of drug-likeness (QED) is 0.651. The summed E-state index contributed by atoms with van der Waals surface area (Å²) < 4.78 is 38.2. The Labute approximate surface area is 169 Å². The number of carbonyl (C=O) groups is 1. The number of sulfonamides is 1. The minimum absolute atomic E-state index is 0.207. The molecule has 0 bridgehead atoms. The summed E-state index contributed by atoms with van der Waals surface area (Å²) in [5.41, 5.74) is 0. The molecule has 1 saturated heterocycles. The van der Waals surface area contributed by atoms with E-state index in [2.05, 4.69) is 0 Å². The van der Waals surface area contributed by atoms with Crippen molar-refractivity contribution in [2.24, 2.45) is 0 Å². The van der Waals surface area contributed by atoms with E-state index >= 15 is 0 Å². The lowest BCUT2D eigenvalue weighted by Gasteiger charge is -2.27. The van der Waals surface area contributed by atoms with E-state index in [1.54, 1.807) is 43.8 Å². The third-order valence-electron chi connectivity index (χ3n) is 4.68. The average molecular weight is 425 g/mol. The van der Waals surface area contributed by atoms with Crippen LogP contribution >= 0.6 is 11.3 Å². The first-order chi connectivity index (χ1) is 13.4. The number of benzene rings is 1. The molecule has 1 aliphatic rings. The number of hydrogen-bond acceptors (Lipinski definition) is 6. The third-order valence-corrected chi connectivity index (χ3v) is 7.96. The number of nitrogens with zero attached hydrogens (tertiary/aromatic N) is 2. The highest BCUT2D eigenvalue weighted by Crippen LogP contribution is 2.29. The normalized spacial score (nSPS) is 17.4. The van der Waals surface area contributed by atoms with Gasteiger partial charge in [0.05, 0.1) is 13.7 Å². The van der Waals surface area contributed by atoms with Crippen LogP contribution in [0.4, 0.5) is 0 Å². The van der Waals surface area contributed by atoms with Crippen LogP contribution in [0, 0.1) is 0 Å². The molecule has 7 nitrogen and oxygen atoms in total. The van der Waals surface area contributed by atoms with Crippen molar-refractivity contribution in [3.05, 3.63) is 41.8 Å². The molecule has 1 aromatic heterocycles. The van der Waals surface area contributed by atoms with Gasteiger partial charge >= 0.3 is 0 Å². The molecule has 2 aromatic rings. The summed E-state index contributed by atoms with van der Waals surface area (Å²) in [5, 5.41) is 1.72. The van der Waals surface area contributed by atoms with Gasteiger partial charge in [0.1, 0.15) is 16.9 Å². The number of methoxy groups -OCH3 is 1. The molecule has 152 valence electrons. The topological polar surface area (TPSA) is 76.2 Å². The van der Waals surface area contributed by atoms with Gasteiger partial charge in [0.2, 0.25) is 5.91 Å². The molecule has 28 heavy (non-hydrogen) atoms. The van der Waals surface area contributed by atoms with E-state index in [4.69, 9.17) is 9.47 Å². The van der Waals surface area contributed by atoms with Crippen molar-refractivity contribution < 1.29 is 22.7 Å². The number of para-hydroxylation sites is 2. The van der Waals surface area contributed by atoms with Gasteiger partial charge in [-0.05, 0) is 36.4 Å². The minimum Gasteiger partial charge on any atom is -0.493 e. The van der Waals surface area contributed by atoms with Crippen molar-refractivity contribution in [3.63, 3.8) is 0 Å².